The van der Waals surface area contributed by atoms with Crippen LogP contribution in [0.1, 0.15) is 18.4 Å². The van der Waals surface area contributed by atoms with Gasteiger partial charge in [0, 0.05) is 17.5 Å². The van der Waals surface area contributed by atoms with Gasteiger partial charge in [0.15, 0.2) is 21.4 Å². The third-order valence-corrected chi connectivity index (χ3v) is 10.9. The molecule has 7 nitrogen and oxygen atoms in total. The number of thioether (sulfide) groups is 1. The molecule has 3 unspecified atom stereocenters. The summed E-state index contributed by atoms with van der Waals surface area (Å²) in [6.07, 6.45) is -0.264. The summed E-state index contributed by atoms with van der Waals surface area (Å²) < 4.78 is 73.6. The maximum absolute atomic E-state index is 15.4. The molecule has 1 N–H and O–H groups in total. The molecule has 2 aromatic rings. The molecule has 0 aliphatic carbocycles. The van der Waals surface area contributed by atoms with E-state index in [2.05, 4.69) is 5.32 Å². The van der Waals surface area contributed by atoms with Crippen LogP contribution in [0.4, 0.5) is 8.78 Å². The first-order valence-corrected chi connectivity index (χ1v) is 14.9. The van der Waals surface area contributed by atoms with Gasteiger partial charge >= 0.3 is 0 Å². The Hall–Kier alpha value is -1.92. The van der Waals surface area contributed by atoms with E-state index in [0.717, 1.165) is 12.1 Å². The standard InChI is InChI=1S/C25H26ClF2NO6S2/c26-15-1-3-17(4-2-15)37(31,32)25-8-9-34-21(7-10-36-14-22(30)29-16-11-33-12-16)18(25)13-35-24-20(28)6-5-19(27)23(24)25/h1-6,16,18,21H,7-14H2,(H,29,30). The smallest absolute Gasteiger partial charge is 0.230 e. The zero-order chi connectivity index (χ0) is 26.2. The van der Waals surface area contributed by atoms with E-state index in [0.29, 0.717) is 30.4 Å². The number of carbonyl (C=O) groups is 1. The Kier molecular flexibility index (Phi) is 7.70. The van der Waals surface area contributed by atoms with Crippen LogP contribution in [0.25, 0.3) is 0 Å². The summed E-state index contributed by atoms with van der Waals surface area (Å²) >= 11 is 7.38. The van der Waals surface area contributed by atoms with Gasteiger partial charge in [-0.25, -0.2) is 17.2 Å². The summed E-state index contributed by atoms with van der Waals surface area (Å²) in [4.78, 5) is 12.1. The molecule has 3 heterocycles. The van der Waals surface area contributed by atoms with Gasteiger partial charge in [0.25, 0.3) is 0 Å². The average molecular weight is 574 g/mol. The van der Waals surface area contributed by atoms with Crippen LogP contribution in [0.2, 0.25) is 5.02 Å². The topological polar surface area (TPSA) is 90.9 Å². The second-order valence-electron chi connectivity index (χ2n) is 9.30. The van der Waals surface area contributed by atoms with E-state index in [1.54, 1.807) is 0 Å². The summed E-state index contributed by atoms with van der Waals surface area (Å²) in [5.74, 6) is -2.19. The normalized spacial score (nSPS) is 25.4. The highest BCUT2D eigenvalue weighted by molar-refractivity contribution is 7.99. The van der Waals surface area contributed by atoms with Crippen molar-refractivity contribution in [3.05, 3.63) is 58.6 Å². The maximum atomic E-state index is 15.4. The third-order valence-electron chi connectivity index (χ3n) is 7.13. The molecule has 1 amide bonds. The number of halogens is 3. The van der Waals surface area contributed by atoms with Crippen LogP contribution in [-0.2, 0) is 28.9 Å². The summed E-state index contributed by atoms with van der Waals surface area (Å²) in [5, 5.41) is 3.22. The first-order valence-electron chi connectivity index (χ1n) is 11.9. The molecular formula is C25H26ClF2NO6S2. The van der Waals surface area contributed by atoms with Gasteiger partial charge in [0.1, 0.15) is 10.6 Å². The van der Waals surface area contributed by atoms with Crippen molar-refractivity contribution >= 4 is 39.1 Å². The van der Waals surface area contributed by atoms with E-state index in [1.807, 2.05) is 0 Å². The molecule has 0 aromatic heterocycles. The summed E-state index contributed by atoms with van der Waals surface area (Å²) in [6, 6.07) is 7.58. The lowest BCUT2D eigenvalue weighted by atomic mass is 9.75. The first kappa shape index (κ1) is 26.7. The lowest BCUT2D eigenvalue weighted by Gasteiger charge is -2.50. The third kappa shape index (κ3) is 4.85. The Bertz CT molecular complexity index is 1270. The van der Waals surface area contributed by atoms with Crippen molar-refractivity contribution in [2.75, 3.05) is 37.9 Å². The lowest BCUT2D eigenvalue weighted by Crippen LogP contribution is -2.57. The van der Waals surface area contributed by atoms with Crippen LogP contribution in [0.5, 0.6) is 5.75 Å². The number of rotatable bonds is 8. The SMILES string of the molecule is O=C(CSCCC1OCCC2(S(=O)(=O)c3ccc(Cl)cc3)c3c(F)ccc(F)c3OCC12)NC1COC1. The number of sulfone groups is 1. The van der Waals surface area contributed by atoms with Gasteiger partial charge in [-0.2, -0.15) is 11.8 Å². The van der Waals surface area contributed by atoms with E-state index in [4.69, 9.17) is 25.8 Å². The number of carbonyl (C=O) groups excluding carboxylic acids is 1. The molecule has 5 rings (SSSR count). The van der Waals surface area contributed by atoms with Crippen LogP contribution >= 0.6 is 23.4 Å². The van der Waals surface area contributed by atoms with Crippen molar-refractivity contribution in [1.82, 2.24) is 5.32 Å². The number of ether oxygens (including phenoxy) is 3. The largest absolute Gasteiger partial charge is 0.490 e. The summed E-state index contributed by atoms with van der Waals surface area (Å²) in [7, 11) is -4.25. The molecule has 2 saturated heterocycles. The van der Waals surface area contributed by atoms with Crippen LogP contribution in [0.3, 0.4) is 0 Å². The van der Waals surface area contributed by atoms with E-state index < -0.39 is 38.2 Å². The van der Waals surface area contributed by atoms with Gasteiger partial charge in [-0.05, 0) is 55.0 Å². The summed E-state index contributed by atoms with van der Waals surface area (Å²) in [6.45, 7) is 0.904. The van der Waals surface area contributed by atoms with E-state index in [-0.39, 0.29) is 53.5 Å². The fraction of sp³-hybridized carbons (Fsp3) is 0.480. The Labute approximate surface area is 223 Å². The van der Waals surface area contributed by atoms with Crippen LogP contribution in [0, 0.1) is 17.6 Å². The molecule has 2 aromatic carbocycles. The van der Waals surface area contributed by atoms with E-state index in [1.165, 1.54) is 36.0 Å². The van der Waals surface area contributed by atoms with Gasteiger partial charge < -0.3 is 19.5 Å². The number of amides is 1. The predicted molar refractivity (Wildman–Crippen MR) is 135 cm³/mol. The van der Waals surface area contributed by atoms with Gasteiger partial charge in [0.2, 0.25) is 5.91 Å². The second kappa shape index (κ2) is 10.7. The van der Waals surface area contributed by atoms with Gasteiger partial charge in [0.05, 0.1) is 48.2 Å². The number of benzene rings is 2. The molecule has 12 heteroatoms. The monoisotopic (exact) mass is 573 g/mol. The fourth-order valence-electron chi connectivity index (χ4n) is 5.29. The van der Waals surface area contributed by atoms with Crippen molar-refractivity contribution in [1.29, 1.82) is 0 Å². The molecule has 3 atom stereocenters. The number of fused-ring (bicyclic) bond motifs is 3. The molecule has 2 fully saturated rings. The van der Waals surface area contributed by atoms with Crippen LogP contribution in [0.15, 0.2) is 41.3 Å². The lowest BCUT2D eigenvalue weighted by molar-refractivity contribution is -0.122. The zero-order valence-corrected chi connectivity index (χ0v) is 22.1. The molecule has 200 valence electrons. The molecule has 3 aliphatic rings. The van der Waals surface area contributed by atoms with Crippen molar-refractivity contribution < 1.29 is 36.2 Å². The Morgan fingerprint density at radius 1 is 1.11 bits per heavy atom. The minimum absolute atomic E-state index is 0.0370. The zero-order valence-electron chi connectivity index (χ0n) is 19.8. The Morgan fingerprint density at radius 3 is 2.54 bits per heavy atom. The second-order valence-corrected chi connectivity index (χ2v) is 13.0. The van der Waals surface area contributed by atoms with E-state index >= 15 is 4.39 Å². The highest BCUT2D eigenvalue weighted by Crippen LogP contribution is 2.56. The van der Waals surface area contributed by atoms with Crippen molar-refractivity contribution in [2.45, 2.75) is 34.6 Å². The number of hydrogen-bond acceptors (Lipinski definition) is 7. The van der Waals surface area contributed by atoms with Crippen molar-refractivity contribution in [3.8, 4) is 5.75 Å². The molecule has 37 heavy (non-hydrogen) atoms. The van der Waals surface area contributed by atoms with Crippen LogP contribution in [-0.4, -0.2) is 64.4 Å². The van der Waals surface area contributed by atoms with Crippen molar-refractivity contribution in [2.24, 2.45) is 5.92 Å². The Balaban J connectivity index is 1.44. The predicted octanol–water partition coefficient (Wildman–Crippen LogP) is 3.72. The van der Waals surface area contributed by atoms with Crippen molar-refractivity contribution in [3.63, 3.8) is 0 Å². The van der Waals surface area contributed by atoms with Gasteiger partial charge in [-0.15, -0.1) is 0 Å². The minimum atomic E-state index is -4.25. The molecule has 0 saturated carbocycles. The Morgan fingerprint density at radius 2 is 1.84 bits per heavy atom. The molecule has 3 aliphatic heterocycles. The highest BCUT2D eigenvalue weighted by Gasteiger charge is 2.61. The van der Waals surface area contributed by atoms with Gasteiger partial charge in [-0.1, -0.05) is 11.6 Å². The number of hydrogen-bond donors (Lipinski definition) is 1. The van der Waals surface area contributed by atoms with Gasteiger partial charge in [-0.3, -0.25) is 4.79 Å². The highest BCUT2D eigenvalue weighted by atomic mass is 35.5. The molecular weight excluding hydrogens is 548 g/mol. The first-order chi connectivity index (χ1) is 17.7. The quantitative estimate of drug-likeness (QED) is 0.481. The molecule has 0 spiro atoms. The number of nitrogens with one attached hydrogen (secondary N) is 1. The summed E-state index contributed by atoms with van der Waals surface area (Å²) in [5.41, 5.74) is -0.290. The minimum Gasteiger partial charge on any atom is -0.490 e. The molecule has 0 radical (unpaired) electrons. The molecule has 0 bridgehead atoms. The maximum Gasteiger partial charge on any atom is 0.230 e. The van der Waals surface area contributed by atoms with E-state index in [9.17, 15) is 17.6 Å². The average Bonchev–Trinajstić information content (AvgIpc) is 2.86. The fourth-order valence-corrected chi connectivity index (χ4v) is 8.57. The van der Waals surface area contributed by atoms with Crippen LogP contribution < -0.4 is 10.1 Å².